The Balaban J connectivity index is 2.61. The van der Waals surface area contributed by atoms with Gasteiger partial charge in [-0.05, 0) is 12.1 Å². The number of anilines is 1. The Labute approximate surface area is 107 Å². The Morgan fingerprint density at radius 1 is 1.61 bits per heavy atom. The maximum Gasteiger partial charge on any atom is 0.425 e. The summed E-state index contributed by atoms with van der Waals surface area (Å²) in [5, 5.41) is 8.79. The van der Waals surface area contributed by atoms with Crippen molar-refractivity contribution in [2.75, 3.05) is 5.73 Å². The molecule has 0 atom stereocenters. The molecule has 3 N–H and O–H groups in total. The van der Waals surface area contributed by atoms with Crippen molar-refractivity contribution in [3.8, 4) is 5.82 Å². The Hall–Kier alpha value is -2.28. The van der Waals surface area contributed by atoms with Crippen LogP contribution in [0.5, 0.6) is 0 Å². The first kappa shape index (κ1) is 10.8. The largest absolute Gasteiger partial charge is 0.478 e. The fourth-order valence-electron chi connectivity index (χ4n) is 1.31. The van der Waals surface area contributed by atoms with Gasteiger partial charge in [-0.2, -0.15) is 4.98 Å². The van der Waals surface area contributed by atoms with E-state index >= 15 is 0 Å². The van der Waals surface area contributed by atoms with E-state index < -0.39 is 12.0 Å². The van der Waals surface area contributed by atoms with Crippen LogP contribution in [0.4, 0.5) is 10.2 Å². The summed E-state index contributed by atoms with van der Waals surface area (Å²) in [5.74, 6) is -1.41. The van der Waals surface area contributed by atoms with Gasteiger partial charge in [0.2, 0.25) is 0 Å². The zero-order chi connectivity index (χ0) is 14.0. The van der Waals surface area contributed by atoms with Gasteiger partial charge in [0.15, 0.2) is 12.3 Å². The highest BCUT2D eigenvalue weighted by atomic mass is 35.5. The monoisotopic (exact) mass is 270 g/mol. The average molecular weight is 271 g/mol. The number of nitrogens with zero attached hydrogens (tertiary/aromatic N) is 3. The number of hydrogen-bond donors (Lipinski definition) is 2. The number of carbonyl (C=O) groups is 1. The minimum absolute atomic E-state index is 0.0158. The molecule has 0 amide bonds. The van der Waals surface area contributed by atoms with Crippen LogP contribution in [0.25, 0.3) is 5.82 Å². The van der Waals surface area contributed by atoms with E-state index in [1.165, 1.54) is 29.1 Å². The summed E-state index contributed by atoms with van der Waals surface area (Å²) >= 11 is 5.90. The van der Waals surface area contributed by atoms with Crippen LogP contribution in [0.2, 0.25) is 6.43 Å². The van der Waals surface area contributed by atoms with Crippen LogP contribution in [0.15, 0.2) is 24.5 Å². The number of carboxylic acids is 1. The molecular formula is C10H7ClFN4O2+. The molecule has 18 heavy (non-hydrogen) atoms. The summed E-state index contributed by atoms with van der Waals surface area (Å²) in [5.41, 5.74) is 1.87. The fraction of sp³-hybridized carbons (Fsp3) is 0. The molecule has 2 aromatic heterocycles. The molecule has 0 saturated heterocycles. The smallest absolute Gasteiger partial charge is 0.425 e. The molecule has 6 nitrogen and oxygen atoms in total. The van der Waals surface area contributed by atoms with Gasteiger partial charge < -0.3 is 10.8 Å². The lowest BCUT2D eigenvalue weighted by molar-refractivity contribution is -0.599. The van der Waals surface area contributed by atoms with Crippen molar-refractivity contribution in [3.05, 3.63) is 41.2 Å². The second-order valence-corrected chi connectivity index (χ2v) is 3.66. The molecule has 2 aromatic rings. The van der Waals surface area contributed by atoms with Gasteiger partial charge in [0.25, 0.3) is 0 Å². The van der Waals surface area contributed by atoms with Crippen LogP contribution < -0.4 is 10.3 Å². The Morgan fingerprint density at radius 2 is 2.39 bits per heavy atom. The number of halogens is 2. The first-order valence-electron chi connectivity index (χ1n) is 5.18. The molecule has 0 bridgehead atoms. The van der Waals surface area contributed by atoms with Gasteiger partial charge >= 0.3 is 17.9 Å². The minimum Gasteiger partial charge on any atom is -0.478 e. The number of aromatic nitrogens is 3. The number of aromatic carboxylic acids is 1. The Morgan fingerprint density at radius 3 is 3.06 bits per heavy atom. The van der Waals surface area contributed by atoms with Crippen LogP contribution in [0.1, 0.15) is 10.4 Å². The van der Waals surface area contributed by atoms with E-state index in [1.807, 2.05) is 5.73 Å². The lowest BCUT2D eigenvalue weighted by Gasteiger charge is -2.00. The first-order chi connectivity index (χ1) is 9.02. The summed E-state index contributed by atoms with van der Waals surface area (Å²) < 4.78 is 21.4. The highest BCUT2D eigenvalue weighted by Gasteiger charge is 2.21. The second-order valence-electron chi connectivity index (χ2n) is 3.28. The summed E-state index contributed by atoms with van der Waals surface area (Å²) in [4.78, 5) is 17.6. The van der Waals surface area contributed by atoms with Crippen molar-refractivity contribution in [3.63, 3.8) is 0 Å². The van der Waals surface area contributed by atoms with Crippen LogP contribution in [-0.4, -0.2) is 21.0 Å². The van der Waals surface area contributed by atoms with E-state index in [-0.39, 0.29) is 22.2 Å². The van der Waals surface area contributed by atoms with Crippen LogP contribution in [0, 0.1) is 6.08 Å². The van der Waals surface area contributed by atoms with Crippen LogP contribution in [0.3, 0.4) is 0 Å². The number of nitrogen functional groups attached to an aromatic ring is 1. The molecule has 8 heteroatoms. The molecule has 0 saturated carbocycles. The molecule has 0 aliphatic rings. The van der Waals surface area contributed by atoms with Gasteiger partial charge in [-0.25, -0.2) is 9.36 Å². The topological polar surface area (TPSA) is 93.0 Å². The predicted octanol–water partition coefficient (Wildman–Crippen LogP) is 0.826. The number of carboxylic acid groups (broad SMARTS) is 1. The van der Waals surface area contributed by atoms with E-state index in [0.29, 0.717) is 0 Å². The summed E-state index contributed by atoms with van der Waals surface area (Å²) in [7, 11) is 0. The van der Waals surface area contributed by atoms with Gasteiger partial charge in [-0.1, -0.05) is 11.6 Å². The van der Waals surface area contributed by atoms with Gasteiger partial charge in [-0.15, -0.1) is 4.39 Å². The highest BCUT2D eigenvalue weighted by Crippen LogP contribution is 2.19. The number of hydrogen-bond acceptors (Lipinski definition) is 4. The number of nitrogens with two attached hydrogens (primary N) is 1. The molecule has 0 aromatic carbocycles. The van der Waals surface area contributed by atoms with Crippen molar-refractivity contribution in [1.82, 2.24) is 9.97 Å². The molecule has 0 fully saturated rings. The third-order valence-corrected chi connectivity index (χ3v) is 2.45. The molecule has 0 aliphatic carbocycles. The summed E-state index contributed by atoms with van der Waals surface area (Å²) in [6.45, 7) is 0. The first-order valence-corrected chi connectivity index (χ1v) is 5.06. The van der Waals surface area contributed by atoms with E-state index in [9.17, 15) is 9.18 Å². The minimum atomic E-state index is -1.14. The maximum atomic E-state index is 13.2. The quantitative estimate of drug-likeness (QED) is 0.636. The zero-order valence-electron chi connectivity index (χ0n) is 9.76. The molecule has 2 rings (SSSR count). The SMILES string of the molecule is [2H]Nc1nc(F)nc(-[n+]2cccc(C(=O)O)c2)c1Cl. The van der Waals surface area contributed by atoms with Gasteiger partial charge in [0.05, 0.1) is 11.8 Å². The highest BCUT2D eigenvalue weighted by molar-refractivity contribution is 6.34. The van der Waals surface area contributed by atoms with Crippen molar-refractivity contribution in [1.29, 1.82) is 0 Å². The number of pyridine rings is 1. The van der Waals surface area contributed by atoms with E-state index in [4.69, 9.17) is 18.1 Å². The van der Waals surface area contributed by atoms with Gasteiger partial charge in [0, 0.05) is 4.98 Å². The third-order valence-electron chi connectivity index (χ3n) is 2.10. The molecule has 0 aliphatic heterocycles. The molecule has 0 spiro atoms. The van der Waals surface area contributed by atoms with Crippen molar-refractivity contribution in [2.45, 2.75) is 0 Å². The standard InChI is InChI=1S/C10H6ClFN4O2/c11-6-7(13)14-10(12)15-8(6)16-3-1-2-5(4-16)9(17)18/h1-4H,(H2-,13,14,15,17,18)/p+1/i/hD. The lowest BCUT2D eigenvalue weighted by Crippen LogP contribution is -2.33. The Bertz CT molecular complexity index is 655. The van der Waals surface area contributed by atoms with Crippen molar-refractivity contribution < 1.29 is 20.3 Å². The zero-order valence-corrected chi connectivity index (χ0v) is 9.52. The van der Waals surface area contributed by atoms with E-state index in [1.54, 1.807) is 0 Å². The lowest BCUT2D eigenvalue weighted by atomic mass is 10.3. The second kappa shape index (κ2) is 4.53. The molecule has 2 heterocycles. The molecular weight excluding hydrogens is 263 g/mol. The van der Waals surface area contributed by atoms with Crippen molar-refractivity contribution >= 4 is 23.4 Å². The van der Waals surface area contributed by atoms with Crippen LogP contribution >= 0.6 is 11.6 Å². The number of rotatable bonds is 3. The fourth-order valence-corrected chi connectivity index (χ4v) is 1.50. The Kier molecular flexibility index (Phi) is 2.73. The van der Waals surface area contributed by atoms with Crippen LogP contribution in [-0.2, 0) is 0 Å². The molecule has 92 valence electrons. The summed E-state index contributed by atoms with van der Waals surface area (Å²) in [6, 6.07) is 2.82. The normalized spacial score (nSPS) is 10.9. The third kappa shape index (κ3) is 2.21. The summed E-state index contributed by atoms with van der Waals surface area (Å²) in [6.07, 6.45) is 1.60. The van der Waals surface area contributed by atoms with Gasteiger partial charge in [-0.3, -0.25) is 0 Å². The van der Waals surface area contributed by atoms with Crippen molar-refractivity contribution in [2.24, 2.45) is 0 Å². The molecule has 0 unspecified atom stereocenters. The predicted molar refractivity (Wildman–Crippen MR) is 59.9 cm³/mol. The molecule has 0 radical (unpaired) electrons. The van der Waals surface area contributed by atoms with E-state index in [0.717, 1.165) is 0 Å². The van der Waals surface area contributed by atoms with Gasteiger partial charge in [0.1, 0.15) is 6.20 Å². The maximum absolute atomic E-state index is 13.2. The average Bonchev–Trinajstić information content (AvgIpc) is 2.41. The van der Waals surface area contributed by atoms with E-state index in [2.05, 4.69) is 9.97 Å².